The van der Waals surface area contributed by atoms with Gasteiger partial charge in [0.1, 0.15) is 17.3 Å². The number of halogens is 3. The van der Waals surface area contributed by atoms with E-state index in [1.807, 2.05) is 13.8 Å². The molecule has 0 aliphatic carbocycles. The summed E-state index contributed by atoms with van der Waals surface area (Å²) in [4.78, 5) is 23.3. The molecule has 1 fully saturated rings. The van der Waals surface area contributed by atoms with Crippen LogP contribution >= 0.6 is 0 Å². The summed E-state index contributed by atoms with van der Waals surface area (Å²) in [5, 5.41) is 2.76. The van der Waals surface area contributed by atoms with Crippen molar-refractivity contribution in [3.05, 3.63) is 71.7 Å². The van der Waals surface area contributed by atoms with Crippen LogP contribution in [0.2, 0.25) is 0 Å². The summed E-state index contributed by atoms with van der Waals surface area (Å²) < 4.78 is 43.7. The summed E-state index contributed by atoms with van der Waals surface area (Å²) in [6.45, 7) is 5.60. The Labute approximate surface area is 190 Å². The van der Waals surface area contributed by atoms with Crippen LogP contribution in [0.25, 0.3) is 11.1 Å². The highest BCUT2D eigenvalue weighted by Crippen LogP contribution is 2.39. The molecule has 8 heteroatoms. The second kappa shape index (κ2) is 8.84. The molecule has 5 nitrogen and oxygen atoms in total. The van der Waals surface area contributed by atoms with E-state index in [-0.39, 0.29) is 35.0 Å². The number of carbonyl (C=O) groups excluding carboxylic acids is 1. The molecule has 0 radical (unpaired) electrons. The van der Waals surface area contributed by atoms with Crippen LogP contribution in [0.15, 0.2) is 48.8 Å². The van der Waals surface area contributed by atoms with E-state index in [0.29, 0.717) is 24.3 Å². The van der Waals surface area contributed by atoms with Crippen molar-refractivity contribution in [1.29, 1.82) is 0 Å². The first-order valence-electron chi connectivity index (χ1n) is 10.8. The number of hydrogen-bond donors (Lipinski definition) is 1. The molecule has 4 rings (SSSR count). The molecular formula is C25H25F3N4O. The number of alkyl halides is 1. The minimum atomic E-state index is -1.41. The van der Waals surface area contributed by atoms with Gasteiger partial charge in [-0.15, -0.1) is 0 Å². The number of anilines is 2. The average Bonchev–Trinajstić information content (AvgIpc) is 3.13. The molecule has 1 saturated heterocycles. The predicted octanol–water partition coefficient (Wildman–Crippen LogP) is 5.74. The smallest absolute Gasteiger partial charge is 0.257 e. The Kier molecular flexibility index (Phi) is 6.10. The Morgan fingerprint density at radius 1 is 1.12 bits per heavy atom. The summed E-state index contributed by atoms with van der Waals surface area (Å²) in [6, 6.07) is 8.88. The van der Waals surface area contributed by atoms with Gasteiger partial charge in [-0.25, -0.2) is 18.2 Å². The molecule has 1 atom stereocenters. The van der Waals surface area contributed by atoms with Crippen molar-refractivity contribution in [2.24, 2.45) is 0 Å². The highest BCUT2D eigenvalue weighted by Gasteiger charge is 2.36. The monoisotopic (exact) mass is 454 g/mol. The fourth-order valence-electron chi connectivity index (χ4n) is 4.01. The lowest BCUT2D eigenvalue weighted by atomic mass is 10.0. The summed E-state index contributed by atoms with van der Waals surface area (Å²) in [7, 11) is 0. The molecule has 3 heterocycles. The lowest BCUT2D eigenvalue weighted by Crippen LogP contribution is -2.28. The van der Waals surface area contributed by atoms with Gasteiger partial charge in [-0.1, -0.05) is 32.0 Å². The predicted molar refractivity (Wildman–Crippen MR) is 122 cm³/mol. The number of aromatic nitrogens is 2. The molecule has 0 spiro atoms. The van der Waals surface area contributed by atoms with Crippen molar-refractivity contribution in [2.45, 2.75) is 38.8 Å². The van der Waals surface area contributed by atoms with Gasteiger partial charge in [-0.05, 0) is 31.0 Å². The maximum Gasteiger partial charge on any atom is 0.257 e. The number of hydrogen-bond acceptors (Lipinski definition) is 4. The lowest BCUT2D eigenvalue weighted by Gasteiger charge is -2.24. The van der Waals surface area contributed by atoms with Crippen LogP contribution in [-0.4, -0.2) is 34.6 Å². The molecule has 1 unspecified atom stereocenters. The third-order valence-corrected chi connectivity index (χ3v) is 5.74. The van der Waals surface area contributed by atoms with E-state index < -0.39 is 23.2 Å². The summed E-state index contributed by atoms with van der Waals surface area (Å²) in [5.41, 5.74) is -0.234. The van der Waals surface area contributed by atoms with Crippen LogP contribution in [0.4, 0.5) is 24.7 Å². The van der Waals surface area contributed by atoms with E-state index in [9.17, 15) is 18.0 Å². The average molecular weight is 454 g/mol. The molecule has 0 bridgehead atoms. The quantitative estimate of drug-likeness (QED) is 0.535. The highest BCUT2D eigenvalue weighted by molar-refractivity contribution is 6.08. The second-order valence-electron chi connectivity index (χ2n) is 8.82. The van der Waals surface area contributed by atoms with Crippen molar-refractivity contribution in [2.75, 3.05) is 23.3 Å². The molecule has 1 aliphatic rings. The van der Waals surface area contributed by atoms with E-state index in [1.165, 1.54) is 25.4 Å². The molecule has 3 aromatic rings. The van der Waals surface area contributed by atoms with E-state index in [0.717, 1.165) is 6.07 Å². The van der Waals surface area contributed by atoms with Gasteiger partial charge in [0.2, 0.25) is 0 Å². The van der Waals surface area contributed by atoms with Gasteiger partial charge < -0.3 is 10.2 Å². The van der Waals surface area contributed by atoms with Crippen LogP contribution in [0.3, 0.4) is 0 Å². The Morgan fingerprint density at radius 3 is 2.52 bits per heavy atom. The van der Waals surface area contributed by atoms with E-state index in [4.69, 9.17) is 0 Å². The van der Waals surface area contributed by atoms with Crippen molar-refractivity contribution < 1.29 is 18.0 Å². The molecule has 1 N–H and O–H groups in total. The Hall–Kier alpha value is -3.42. The zero-order valence-corrected chi connectivity index (χ0v) is 18.7. The normalized spacial score (nSPS) is 18.1. The third kappa shape index (κ3) is 4.69. The first-order chi connectivity index (χ1) is 15.7. The van der Waals surface area contributed by atoms with Gasteiger partial charge in [0.25, 0.3) is 5.91 Å². The van der Waals surface area contributed by atoms with Crippen LogP contribution in [0, 0.1) is 11.6 Å². The van der Waals surface area contributed by atoms with Gasteiger partial charge in [-0.2, -0.15) is 0 Å². The maximum absolute atomic E-state index is 14.7. The Balaban J connectivity index is 1.77. The van der Waals surface area contributed by atoms with Gasteiger partial charge in [0.15, 0.2) is 5.82 Å². The molecule has 1 amide bonds. The van der Waals surface area contributed by atoms with Gasteiger partial charge in [0, 0.05) is 36.5 Å². The molecule has 33 heavy (non-hydrogen) atoms. The van der Waals surface area contributed by atoms with Crippen LogP contribution in [0.1, 0.15) is 49.2 Å². The first-order valence-corrected chi connectivity index (χ1v) is 10.8. The number of carbonyl (C=O) groups is 1. The zero-order valence-electron chi connectivity index (χ0n) is 18.7. The van der Waals surface area contributed by atoms with Gasteiger partial charge in [0.05, 0.1) is 23.5 Å². The number of pyridine rings is 2. The SMILES string of the molecule is CC(C)c1ncc(C(=O)Nc2c(-c3ccccc3F)ccnc2N2CCC(C)(F)C2)cc1F. The molecule has 1 aromatic carbocycles. The maximum atomic E-state index is 14.7. The summed E-state index contributed by atoms with van der Waals surface area (Å²) in [5.74, 6) is -1.48. The Bertz CT molecular complexity index is 1200. The summed E-state index contributed by atoms with van der Waals surface area (Å²) >= 11 is 0. The largest absolute Gasteiger partial charge is 0.352 e. The van der Waals surface area contributed by atoms with Crippen molar-refractivity contribution in [3.8, 4) is 11.1 Å². The lowest BCUT2D eigenvalue weighted by molar-refractivity contribution is 0.102. The molecule has 172 valence electrons. The number of nitrogens with one attached hydrogen (secondary N) is 1. The van der Waals surface area contributed by atoms with Crippen molar-refractivity contribution in [3.63, 3.8) is 0 Å². The fraction of sp³-hybridized carbons (Fsp3) is 0.320. The number of nitrogens with zero attached hydrogens (tertiary/aromatic N) is 3. The zero-order chi connectivity index (χ0) is 23.8. The second-order valence-corrected chi connectivity index (χ2v) is 8.82. The van der Waals surface area contributed by atoms with E-state index in [2.05, 4.69) is 15.3 Å². The minimum Gasteiger partial charge on any atom is -0.352 e. The first kappa shape index (κ1) is 22.8. The molecular weight excluding hydrogens is 429 g/mol. The van der Waals surface area contributed by atoms with Crippen LogP contribution < -0.4 is 10.2 Å². The minimum absolute atomic E-state index is 0.0166. The Morgan fingerprint density at radius 2 is 1.88 bits per heavy atom. The molecule has 2 aromatic heterocycles. The molecule has 0 saturated carbocycles. The number of rotatable bonds is 5. The van der Waals surface area contributed by atoms with Gasteiger partial charge in [-0.3, -0.25) is 9.78 Å². The van der Waals surface area contributed by atoms with E-state index >= 15 is 0 Å². The number of benzene rings is 1. The van der Waals surface area contributed by atoms with Crippen LogP contribution in [0.5, 0.6) is 0 Å². The number of amides is 1. The van der Waals surface area contributed by atoms with Crippen molar-refractivity contribution >= 4 is 17.4 Å². The van der Waals surface area contributed by atoms with Crippen molar-refractivity contribution in [1.82, 2.24) is 9.97 Å². The fourth-order valence-corrected chi connectivity index (χ4v) is 4.01. The van der Waals surface area contributed by atoms with Crippen LogP contribution in [-0.2, 0) is 0 Å². The summed E-state index contributed by atoms with van der Waals surface area (Å²) in [6.07, 6.45) is 3.11. The standard InChI is InChI=1S/C25H25F3N4O/c1-15(2)21-20(27)12-16(13-30-21)24(33)31-22-18(17-6-4-5-7-19(17)26)8-10-29-23(22)32-11-9-25(3,28)14-32/h4-8,10,12-13,15H,9,11,14H2,1-3H3,(H,31,33). The topological polar surface area (TPSA) is 58.1 Å². The highest BCUT2D eigenvalue weighted by atomic mass is 19.1. The van der Waals surface area contributed by atoms with Gasteiger partial charge >= 0.3 is 0 Å². The van der Waals surface area contributed by atoms with E-state index in [1.54, 1.807) is 29.2 Å². The third-order valence-electron chi connectivity index (χ3n) is 5.74. The molecule has 1 aliphatic heterocycles.